The number of carbonyl (C=O) groups excluding carboxylic acids is 1. The summed E-state index contributed by atoms with van der Waals surface area (Å²) in [4.78, 5) is 12.3. The molecule has 0 bridgehead atoms. The Kier molecular flexibility index (Phi) is 6.37. The van der Waals surface area contributed by atoms with Crippen LogP contribution in [0.3, 0.4) is 0 Å². The predicted molar refractivity (Wildman–Crippen MR) is 106 cm³/mol. The Balaban J connectivity index is 1.74. The Morgan fingerprint density at radius 2 is 1.44 bits per heavy atom. The predicted octanol–water partition coefficient (Wildman–Crippen LogP) is 4.14. The van der Waals surface area contributed by atoms with Gasteiger partial charge in [-0.1, -0.05) is 55.2 Å². The summed E-state index contributed by atoms with van der Waals surface area (Å²) < 4.78 is 5.73. The van der Waals surface area contributed by atoms with Gasteiger partial charge < -0.3 is 14.9 Å². The molecule has 3 aliphatic rings. The summed E-state index contributed by atoms with van der Waals surface area (Å²) in [7, 11) is 0. The zero-order chi connectivity index (χ0) is 18.1. The summed E-state index contributed by atoms with van der Waals surface area (Å²) in [6, 6.07) is 0. The van der Waals surface area contributed by atoms with E-state index in [0.717, 1.165) is 77.0 Å². The van der Waals surface area contributed by atoms with Gasteiger partial charge >= 0.3 is 5.97 Å². The summed E-state index contributed by atoms with van der Waals surface area (Å²) in [6.45, 7) is 1.99. The molecule has 0 amide bonds. The summed E-state index contributed by atoms with van der Waals surface area (Å²) in [5.41, 5.74) is -1.24. The quantitative estimate of drug-likeness (QED) is 0.365. The van der Waals surface area contributed by atoms with E-state index in [4.69, 9.17) is 4.74 Å². The third kappa shape index (κ3) is 4.34. The topological polar surface area (TPSA) is 66.8 Å². The van der Waals surface area contributed by atoms with Gasteiger partial charge in [-0.05, 0) is 63.2 Å². The highest BCUT2D eigenvalue weighted by Gasteiger charge is 2.50. The molecule has 3 saturated carbocycles. The maximum Gasteiger partial charge on any atom is 0.319 e. The normalized spacial score (nSPS) is 35.4. The molecule has 2 N–H and O–H groups in total. The van der Waals surface area contributed by atoms with E-state index in [0.29, 0.717) is 0 Å². The van der Waals surface area contributed by atoms with E-state index in [2.05, 4.69) is 22.6 Å². The van der Waals surface area contributed by atoms with Gasteiger partial charge in [-0.25, -0.2) is 0 Å². The highest BCUT2D eigenvalue weighted by atomic mass is 127. The molecule has 0 aromatic rings. The lowest BCUT2D eigenvalue weighted by atomic mass is 9.66. The molecule has 3 fully saturated rings. The van der Waals surface area contributed by atoms with Gasteiger partial charge in [0.1, 0.15) is 10.0 Å². The van der Waals surface area contributed by atoms with Gasteiger partial charge in [0.15, 0.2) is 0 Å². The van der Waals surface area contributed by atoms with Crippen molar-refractivity contribution in [3.05, 3.63) is 0 Å². The molecule has 3 rings (SSSR count). The molecule has 0 aromatic carbocycles. The van der Waals surface area contributed by atoms with Crippen LogP contribution in [-0.4, -0.2) is 37.4 Å². The molecule has 3 aliphatic carbocycles. The minimum absolute atomic E-state index is 0.111. The molecule has 0 aliphatic heterocycles. The largest absolute Gasteiger partial charge is 0.462 e. The van der Waals surface area contributed by atoms with E-state index in [1.54, 1.807) is 0 Å². The van der Waals surface area contributed by atoms with Gasteiger partial charge in [-0.2, -0.15) is 0 Å². The molecule has 0 heterocycles. The van der Waals surface area contributed by atoms with Crippen molar-refractivity contribution in [3.8, 4) is 0 Å². The first-order valence-corrected chi connectivity index (χ1v) is 11.4. The lowest BCUT2D eigenvalue weighted by Gasteiger charge is -2.46. The lowest BCUT2D eigenvalue weighted by Crippen LogP contribution is -2.48. The zero-order valence-electron chi connectivity index (χ0n) is 15.4. The van der Waals surface area contributed by atoms with Crippen molar-refractivity contribution in [1.82, 2.24) is 0 Å². The molecule has 25 heavy (non-hydrogen) atoms. The highest BCUT2D eigenvalue weighted by molar-refractivity contribution is 14.1. The number of alkyl halides is 1. The van der Waals surface area contributed by atoms with Crippen LogP contribution in [0.1, 0.15) is 84.0 Å². The summed E-state index contributed by atoms with van der Waals surface area (Å²) in [5, 5.41) is 22.3. The number of rotatable bonds is 5. The molecule has 3 unspecified atom stereocenters. The van der Waals surface area contributed by atoms with Crippen LogP contribution in [0.4, 0.5) is 0 Å². The number of halogens is 1. The Morgan fingerprint density at radius 3 is 1.84 bits per heavy atom. The van der Waals surface area contributed by atoms with Crippen LogP contribution in [0.25, 0.3) is 0 Å². The fraction of sp³-hybridized carbons (Fsp3) is 0.950. The molecule has 0 spiro atoms. The van der Waals surface area contributed by atoms with Gasteiger partial charge in [0.25, 0.3) is 0 Å². The fourth-order valence-corrected chi connectivity index (χ4v) is 5.58. The van der Waals surface area contributed by atoms with Crippen molar-refractivity contribution in [2.45, 2.75) is 105 Å². The molecule has 0 saturated heterocycles. The second-order valence-electron chi connectivity index (χ2n) is 8.66. The molecule has 0 aromatic heterocycles. The number of aliphatic hydroxyl groups is 2. The van der Waals surface area contributed by atoms with E-state index in [-0.39, 0.29) is 27.8 Å². The first-order chi connectivity index (χ1) is 11.9. The average molecular weight is 464 g/mol. The zero-order valence-corrected chi connectivity index (χ0v) is 17.5. The molecular formula is C20H33IO4. The van der Waals surface area contributed by atoms with E-state index < -0.39 is 11.2 Å². The first-order valence-electron chi connectivity index (χ1n) is 10.2. The summed E-state index contributed by atoms with van der Waals surface area (Å²) in [5.74, 6) is 0.153. The maximum absolute atomic E-state index is 12.3. The van der Waals surface area contributed by atoms with Crippen molar-refractivity contribution in [2.75, 3.05) is 0 Å². The first kappa shape index (κ1) is 19.9. The monoisotopic (exact) mass is 464 g/mol. The second-order valence-corrected chi connectivity index (χ2v) is 10.2. The molecule has 4 nitrogen and oxygen atoms in total. The standard InChI is InChI=1S/C20H33IO4/c1-2-17(21)18(22)25-16-12-14(19(23)7-3-4-8-19)11-15(13-16)20(24)9-5-6-10-20/h14-17,23-24H,2-13H2,1H3. The van der Waals surface area contributed by atoms with Crippen molar-refractivity contribution < 1.29 is 19.7 Å². The number of ether oxygens (including phenoxy) is 1. The van der Waals surface area contributed by atoms with Gasteiger partial charge in [-0.15, -0.1) is 0 Å². The Labute approximate surface area is 165 Å². The smallest absolute Gasteiger partial charge is 0.319 e. The number of hydrogen-bond acceptors (Lipinski definition) is 4. The van der Waals surface area contributed by atoms with Crippen LogP contribution in [0.15, 0.2) is 0 Å². The van der Waals surface area contributed by atoms with Crippen LogP contribution >= 0.6 is 22.6 Å². The van der Waals surface area contributed by atoms with Crippen molar-refractivity contribution >= 4 is 28.6 Å². The van der Waals surface area contributed by atoms with Crippen molar-refractivity contribution in [3.63, 3.8) is 0 Å². The molecule has 0 radical (unpaired) electrons. The van der Waals surface area contributed by atoms with E-state index >= 15 is 0 Å². The minimum atomic E-state index is -0.618. The highest BCUT2D eigenvalue weighted by Crippen LogP contribution is 2.50. The molecule has 144 valence electrons. The van der Waals surface area contributed by atoms with Crippen LogP contribution in [0.5, 0.6) is 0 Å². The molecular weight excluding hydrogens is 431 g/mol. The summed E-state index contributed by atoms with van der Waals surface area (Å²) in [6.07, 6.45) is 10.7. The number of hydrogen-bond donors (Lipinski definition) is 2. The maximum atomic E-state index is 12.3. The van der Waals surface area contributed by atoms with Crippen LogP contribution in [0, 0.1) is 11.8 Å². The Bertz CT molecular complexity index is 438. The number of carbonyl (C=O) groups is 1. The minimum Gasteiger partial charge on any atom is -0.462 e. The van der Waals surface area contributed by atoms with Gasteiger partial charge in [0.2, 0.25) is 0 Å². The molecule has 5 heteroatoms. The second kappa shape index (κ2) is 8.01. The Hall–Kier alpha value is 0.120. The molecule has 3 atom stereocenters. The van der Waals surface area contributed by atoms with Crippen LogP contribution in [-0.2, 0) is 9.53 Å². The average Bonchev–Trinajstić information content (AvgIpc) is 3.24. The summed E-state index contributed by atoms with van der Waals surface area (Å²) >= 11 is 2.15. The third-order valence-corrected chi connectivity index (χ3v) is 8.41. The van der Waals surface area contributed by atoms with Gasteiger partial charge in [-0.3, -0.25) is 4.79 Å². The van der Waals surface area contributed by atoms with E-state index in [1.165, 1.54) is 0 Å². The third-order valence-electron chi connectivity index (χ3n) is 7.02. The Morgan fingerprint density at radius 1 is 1.00 bits per heavy atom. The van der Waals surface area contributed by atoms with Crippen molar-refractivity contribution in [1.29, 1.82) is 0 Å². The van der Waals surface area contributed by atoms with Crippen LogP contribution in [0.2, 0.25) is 0 Å². The van der Waals surface area contributed by atoms with Gasteiger partial charge in [0.05, 0.1) is 11.2 Å². The number of esters is 1. The van der Waals surface area contributed by atoms with Crippen molar-refractivity contribution in [2.24, 2.45) is 11.8 Å². The SMILES string of the molecule is CCC(I)C(=O)OC1CC(C2(O)CCCC2)CC(C2(O)CCCC2)C1. The fourth-order valence-electron chi connectivity index (χ4n) is 5.44. The lowest BCUT2D eigenvalue weighted by molar-refractivity contribution is -0.160. The van der Waals surface area contributed by atoms with E-state index in [9.17, 15) is 15.0 Å². The van der Waals surface area contributed by atoms with E-state index in [1.807, 2.05) is 6.92 Å². The van der Waals surface area contributed by atoms with Gasteiger partial charge in [0, 0.05) is 0 Å². The van der Waals surface area contributed by atoms with Crippen LogP contribution < -0.4 is 0 Å².